The number of rotatable bonds is 0. The van der Waals surface area contributed by atoms with Crippen molar-refractivity contribution in [2.75, 3.05) is 0 Å². The Bertz CT molecular complexity index is 56.5. The van der Waals surface area contributed by atoms with Gasteiger partial charge in [-0.2, -0.15) is 0 Å². The number of carboxylic acid groups (broad SMARTS) is 1. The van der Waals surface area contributed by atoms with Gasteiger partial charge in [-0.3, -0.25) is 20.4 Å². The van der Waals surface area contributed by atoms with Crippen LogP contribution in [-0.4, -0.2) is 32.1 Å². The van der Waals surface area contributed by atoms with Crippen molar-refractivity contribution in [1.29, 1.82) is 0 Å². The van der Waals surface area contributed by atoms with Crippen molar-refractivity contribution >= 4 is 5.97 Å². The lowest BCUT2D eigenvalue weighted by molar-refractivity contribution is -0.472. The summed E-state index contributed by atoms with van der Waals surface area (Å²) in [6, 6.07) is 0. The maximum Gasteiger partial charge on any atom is 0.300 e. The number of hydrogen-bond acceptors (Lipinski definition) is 5. The minimum Gasteiger partial charge on any atom is -0.481 e. The van der Waals surface area contributed by atoms with Crippen LogP contribution in [0.3, 0.4) is 0 Å². The van der Waals surface area contributed by atoms with Crippen LogP contribution in [0, 0.1) is 0 Å². The Morgan fingerprint density at radius 1 is 1.33 bits per heavy atom. The fraction of sp³-hybridized carbons (Fsp3) is 0.667. The first kappa shape index (κ1) is 15.7. The third-order valence-electron chi connectivity index (χ3n) is 0. The lowest BCUT2D eigenvalue weighted by Crippen LogP contribution is -2.04. The zero-order valence-electron chi connectivity index (χ0n) is 4.14. The van der Waals surface area contributed by atoms with Crippen molar-refractivity contribution in [2.45, 2.75) is 14.4 Å². The fourth-order valence-electron chi connectivity index (χ4n) is 0. The minimum atomic E-state index is -1.00. The van der Waals surface area contributed by atoms with Crippen molar-refractivity contribution in [3.05, 3.63) is 0 Å². The Balaban J connectivity index is -0.0000000720. The van der Waals surface area contributed by atoms with Gasteiger partial charge in [0, 0.05) is 6.92 Å². The van der Waals surface area contributed by atoms with Gasteiger partial charge >= 0.3 is 0 Å². The number of aliphatic carboxylic acids is 1. The number of nitrogens with zero attached hydrogens (tertiary/aromatic N) is 1. The Hall–Kier alpha value is -0.690. The van der Waals surface area contributed by atoms with Crippen LogP contribution in [0.4, 0.5) is 0 Å². The van der Waals surface area contributed by atoms with E-state index in [0.717, 1.165) is 6.92 Å². The summed E-state index contributed by atoms with van der Waals surface area (Å²) in [4.78, 5) is 9.00. The van der Waals surface area contributed by atoms with Crippen molar-refractivity contribution in [3.8, 4) is 0 Å². The van der Waals surface area contributed by atoms with E-state index >= 15 is 0 Å². The molecule has 0 amide bonds. The van der Waals surface area contributed by atoms with Gasteiger partial charge in [0.1, 0.15) is 0 Å². The molecule has 6 heteroatoms. The molecule has 0 heterocycles. The zero-order chi connectivity index (χ0) is 7.15. The molecule has 58 valence electrons. The first-order valence-electron chi connectivity index (χ1n) is 1.53. The SMILES string of the molecule is C.CC(=O)O.ON(O)O. The third-order valence-corrected chi connectivity index (χ3v) is 0. The standard InChI is InChI=1S/C2H4O2.CH4.H3NO3/c1-2(3)4;;2-1(3)4/h1H3,(H,3,4);1H4;2-4H. The molecule has 0 rings (SSSR count). The topological polar surface area (TPSA) is 101 Å². The smallest absolute Gasteiger partial charge is 0.300 e. The lowest BCUT2D eigenvalue weighted by Gasteiger charge is -1.84. The van der Waals surface area contributed by atoms with Gasteiger partial charge in [-0.05, 0) is 0 Å². The maximum absolute atomic E-state index is 9.00. The van der Waals surface area contributed by atoms with E-state index in [4.69, 9.17) is 25.5 Å². The van der Waals surface area contributed by atoms with E-state index in [9.17, 15) is 0 Å². The summed E-state index contributed by atoms with van der Waals surface area (Å²) in [7, 11) is 0. The van der Waals surface area contributed by atoms with Crippen LogP contribution in [0.5, 0.6) is 0 Å². The predicted molar refractivity (Wildman–Crippen MR) is 27.2 cm³/mol. The molecule has 9 heavy (non-hydrogen) atoms. The molecule has 0 unspecified atom stereocenters. The average molecular weight is 141 g/mol. The van der Waals surface area contributed by atoms with E-state index in [0.29, 0.717) is 0 Å². The minimum absolute atomic E-state index is 0. The van der Waals surface area contributed by atoms with Crippen molar-refractivity contribution in [1.82, 2.24) is 5.39 Å². The number of carboxylic acids is 1. The summed E-state index contributed by atoms with van der Waals surface area (Å²) in [6.07, 6.45) is 0. The van der Waals surface area contributed by atoms with Crippen molar-refractivity contribution < 1.29 is 25.5 Å². The van der Waals surface area contributed by atoms with Gasteiger partial charge in [0.2, 0.25) is 0 Å². The molecule has 6 nitrogen and oxygen atoms in total. The molecule has 0 bridgehead atoms. The molecule has 0 aliphatic rings. The summed E-state index contributed by atoms with van der Waals surface area (Å²) in [5.74, 6) is -0.833. The zero-order valence-corrected chi connectivity index (χ0v) is 4.14. The van der Waals surface area contributed by atoms with Gasteiger partial charge in [0.15, 0.2) is 0 Å². The highest BCUT2D eigenvalue weighted by molar-refractivity contribution is 5.62. The molecule has 0 aromatic rings. The van der Waals surface area contributed by atoms with E-state index in [1.54, 1.807) is 0 Å². The van der Waals surface area contributed by atoms with Crippen molar-refractivity contribution in [2.24, 2.45) is 0 Å². The highest BCUT2D eigenvalue weighted by atomic mass is 17.0. The first-order chi connectivity index (χ1) is 3.46. The molecule has 0 radical (unpaired) electrons. The molecule has 0 saturated heterocycles. The molecular formula is C3H11NO5. The summed E-state index contributed by atoms with van der Waals surface area (Å²) < 4.78 is 0. The van der Waals surface area contributed by atoms with E-state index in [-0.39, 0.29) is 7.43 Å². The molecule has 0 fully saturated rings. The molecule has 0 aliphatic carbocycles. The lowest BCUT2D eigenvalue weighted by atomic mass is 10.9. The van der Waals surface area contributed by atoms with E-state index in [1.165, 1.54) is 0 Å². The van der Waals surface area contributed by atoms with Crippen LogP contribution in [0.25, 0.3) is 0 Å². The second-order valence-electron chi connectivity index (χ2n) is 0.787. The third kappa shape index (κ3) is 433. The molecular weight excluding hydrogens is 130 g/mol. The Morgan fingerprint density at radius 3 is 1.33 bits per heavy atom. The van der Waals surface area contributed by atoms with E-state index in [2.05, 4.69) is 0 Å². The summed E-state index contributed by atoms with van der Waals surface area (Å²) >= 11 is 0. The van der Waals surface area contributed by atoms with E-state index in [1.807, 2.05) is 0 Å². The summed E-state index contributed by atoms with van der Waals surface area (Å²) in [5, 5.41) is 27.4. The van der Waals surface area contributed by atoms with Crippen LogP contribution in [0.15, 0.2) is 0 Å². The average Bonchev–Trinajstić information content (AvgIpc) is 1.25. The molecule has 0 spiro atoms. The second kappa shape index (κ2) is 10.3. The van der Waals surface area contributed by atoms with Crippen LogP contribution in [0.2, 0.25) is 0 Å². The quantitative estimate of drug-likeness (QED) is 0.359. The van der Waals surface area contributed by atoms with Gasteiger partial charge < -0.3 is 5.11 Å². The molecule has 4 N–H and O–H groups in total. The predicted octanol–water partition coefficient (Wildman–Crippen LogP) is 0.183. The van der Waals surface area contributed by atoms with Crippen LogP contribution in [0.1, 0.15) is 14.4 Å². The highest BCUT2D eigenvalue weighted by Crippen LogP contribution is 1.43. The second-order valence-corrected chi connectivity index (χ2v) is 0.787. The van der Waals surface area contributed by atoms with Gasteiger partial charge in [0.05, 0.1) is 5.39 Å². The van der Waals surface area contributed by atoms with Gasteiger partial charge in [-0.1, -0.05) is 7.43 Å². The normalized spacial score (nSPS) is 6.78. The maximum atomic E-state index is 9.00. The molecule has 0 saturated carbocycles. The Morgan fingerprint density at radius 2 is 1.33 bits per heavy atom. The van der Waals surface area contributed by atoms with Gasteiger partial charge in [-0.25, -0.2) is 0 Å². The number of carbonyl (C=O) groups is 1. The van der Waals surface area contributed by atoms with Crippen LogP contribution < -0.4 is 0 Å². The van der Waals surface area contributed by atoms with Crippen LogP contribution >= 0.6 is 0 Å². The Kier molecular flexibility index (Phi) is 18.1. The summed E-state index contributed by atoms with van der Waals surface area (Å²) in [6.45, 7) is 1.08. The van der Waals surface area contributed by atoms with E-state index < -0.39 is 11.4 Å². The largest absolute Gasteiger partial charge is 0.481 e. The molecule has 0 aliphatic heterocycles. The highest BCUT2D eigenvalue weighted by Gasteiger charge is 1.65. The Labute approximate surface area is 52.4 Å². The van der Waals surface area contributed by atoms with Gasteiger partial charge in [-0.15, -0.1) is 0 Å². The number of hydrogen-bond donors (Lipinski definition) is 4. The molecule has 0 aromatic heterocycles. The fourth-order valence-corrected chi connectivity index (χ4v) is 0. The van der Waals surface area contributed by atoms with Gasteiger partial charge in [0.25, 0.3) is 5.97 Å². The molecule has 0 atom stereocenters. The van der Waals surface area contributed by atoms with Crippen molar-refractivity contribution in [3.63, 3.8) is 0 Å². The van der Waals surface area contributed by atoms with Crippen LogP contribution in [-0.2, 0) is 4.79 Å². The first-order valence-corrected chi connectivity index (χ1v) is 1.53. The molecule has 0 aromatic carbocycles. The monoisotopic (exact) mass is 141 g/mol. The summed E-state index contributed by atoms with van der Waals surface area (Å²) in [5.41, 5.74) is 0.